The summed E-state index contributed by atoms with van der Waals surface area (Å²) in [5, 5.41) is 23.4. The van der Waals surface area contributed by atoms with Gasteiger partial charge in [-0.05, 0) is 30.2 Å². The Hall–Kier alpha value is -1.86. The molecule has 0 radical (unpaired) electrons. The summed E-state index contributed by atoms with van der Waals surface area (Å²) in [4.78, 5) is 24.8. The third kappa shape index (κ3) is 2.64. The second-order valence-corrected chi connectivity index (χ2v) is 10.1. The minimum absolute atomic E-state index is 0.107. The number of aliphatic hydroxyl groups is 2. The fraction of sp³-hybridized carbons (Fsp3) is 0.739. The van der Waals surface area contributed by atoms with Gasteiger partial charge < -0.3 is 24.1 Å². The molecule has 7 atom stereocenters. The van der Waals surface area contributed by atoms with E-state index in [0.29, 0.717) is 25.0 Å². The van der Waals surface area contributed by atoms with Crippen LogP contribution in [0.15, 0.2) is 16.7 Å². The second kappa shape index (κ2) is 6.82. The van der Waals surface area contributed by atoms with Crippen molar-refractivity contribution in [1.82, 2.24) is 0 Å². The zero-order valence-electron chi connectivity index (χ0n) is 18.3. The number of hydrogen-bond donors (Lipinski definition) is 2. The van der Waals surface area contributed by atoms with E-state index < -0.39 is 52.4 Å². The molecule has 0 bridgehead atoms. The van der Waals surface area contributed by atoms with E-state index in [1.807, 2.05) is 20.8 Å². The molecule has 3 aliphatic carbocycles. The minimum Gasteiger partial charge on any atom is -0.469 e. The molecule has 166 valence electrons. The lowest BCUT2D eigenvalue weighted by Gasteiger charge is -2.68. The van der Waals surface area contributed by atoms with Gasteiger partial charge in [-0.2, -0.15) is 0 Å². The maximum Gasteiger partial charge on any atom is 0.313 e. The summed E-state index contributed by atoms with van der Waals surface area (Å²) in [5.41, 5.74) is -1.94. The molecule has 0 unspecified atom stereocenters. The van der Waals surface area contributed by atoms with Gasteiger partial charge in [0, 0.05) is 36.7 Å². The van der Waals surface area contributed by atoms with Crippen molar-refractivity contribution in [2.24, 2.45) is 22.7 Å². The predicted octanol–water partition coefficient (Wildman–Crippen LogP) is 2.58. The molecule has 0 saturated heterocycles. The lowest BCUT2D eigenvalue weighted by atomic mass is 9.40. The van der Waals surface area contributed by atoms with Crippen molar-refractivity contribution in [2.45, 2.75) is 77.1 Å². The first-order valence-corrected chi connectivity index (χ1v) is 10.7. The maximum atomic E-state index is 12.8. The first-order valence-electron chi connectivity index (χ1n) is 10.7. The van der Waals surface area contributed by atoms with Crippen molar-refractivity contribution in [3.63, 3.8) is 0 Å². The molecule has 30 heavy (non-hydrogen) atoms. The molecule has 0 aliphatic heterocycles. The van der Waals surface area contributed by atoms with Gasteiger partial charge in [-0.1, -0.05) is 20.8 Å². The van der Waals surface area contributed by atoms with Crippen LogP contribution in [0.4, 0.5) is 0 Å². The highest BCUT2D eigenvalue weighted by atomic mass is 16.5. The van der Waals surface area contributed by atoms with Crippen LogP contribution in [0, 0.1) is 22.7 Å². The SMILES string of the molecule is COC(=O)[C@@H]1c2ccoc2C[C@H]2[C@H]1[C@@H](O)C[C@@]1(O)C(C)(C)CC[C@H](OC(C)=O)[C@]21C. The molecule has 1 heterocycles. The van der Waals surface area contributed by atoms with Crippen molar-refractivity contribution in [3.05, 3.63) is 23.7 Å². The van der Waals surface area contributed by atoms with E-state index in [0.717, 1.165) is 5.56 Å². The molecule has 1 aromatic rings. The highest BCUT2D eigenvalue weighted by molar-refractivity contribution is 5.79. The summed E-state index contributed by atoms with van der Waals surface area (Å²) < 4.78 is 16.6. The smallest absolute Gasteiger partial charge is 0.313 e. The van der Waals surface area contributed by atoms with Gasteiger partial charge in [0.05, 0.1) is 31.0 Å². The Labute approximate surface area is 176 Å². The molecule has 0 aromatic carbocycles. The number of carbonyl (C=O) groups is 2. The van der Waals surface area contributed by atoms with Crippen molar-refractivity contribution in [3.8, 4) is 0 Å². The van der Waals surface area contributed by atoms with Gasteiger partial charge in [0.1, 0.15) is 11.9 Å². The molecule has 2 saturated carbocycles. The van der Waals surface area contributed by atoms with Crippen molar-refractivity contribution >= 4 is 11.9 Å². The first kappa shape index (κ1) is 21.4. The Bertz CT molecular complexity index is 857. The van der Waals surface area contributed by atoms with Crippen molar-refractivity contribution in [2.75, 3.05) is 7.11 Å². The van der Waals surface area contributed by atoms with Crippen LogP contribution < -0.4 is 0 Å². The molecule has 0 amide bonds. The Morgan fingerprint density at radius 2 is 1.97 bits per heavy atom. The van der Waals surface area contributed by atoms with E-state index in [1.165, 1.54) is 14.0 Å². The van der Waals surface area contributed by atoms with E-state index in [4.69, 9.17) is 13.9 Å². The van der Waals surface area contributed by atoms with Gasteiger partial charge in [0.2, 0.25) is 0 Å². The highest BCUT2D eigenvalue weighted by Gasteiger charge is 2.72. The number of carbonyl (C=O) groups excluding carboxylic acids is 2. The Balaban J connectivity index is 1.91. The number of furan rings is 1. The summed E-state index contributed by atoms with van der Waals surface area (Å²) in [6.45, 7) is 7.33. The van der Waals surface area contributed by atoms with Crippen LogP contribution in [0.2, 0.25) is 0 Å². The molecule has 0 spiro atoms. The maximum absolute atomic E-state index is 12.8. The van der Waals surface area contributed by atoms with Crippen LogP contribution in [0.3, 0.4) is 0 Å². The lowest BCUT2D eigenvalue weighted by Crippen LogP contribution is -2.74. The lowest BCUT2D eigenvalue weighted by molar-refractivity contribution is -0.296. The van der Waals surface area contributed by atoms with Crippen LogP contribution in [0.1, 0.15) is 64.2 Å². The van der Waals surface area contributed by atoms with Gasteiger partial charge in [0.25, 0.3) is 0 Å². The summed E-state index contributed by atoms with van der Waals surface area (Å²) in [7, 11) is 1.34. The molecule has 2 fully saturated rings. The largest absolute Gasteiger partial charge is 0.469 e. The number of fused-ring (bicyclic) bond motifs is 4. The molecule has 3 aliphatic rings. The van der Waals surface area contributed by atoms with Crippen molar-refractivity contribution in [1.29, 1.82) is 0 Å². The summed E-state index contributed by atoms with van der Waals surface area (Å²) in [6.07, 6.45) is 1.94. The number of hydrogen-bond acceptors (Lipinski definition) is 7. The number of aliphatic hydroxyl groups excluding tert-OH is 1. The summed E-state index contributed by atoms with van der Waals surface area (Å²) >= 11 is 0. The van der Waals surface area contributed by atoms with Crippen LogP contribution in [-0.2, 0) is 25.5 Å². The minimum atomic E-state index is -1.29. The van der Waals surface area contributed by atoms with Gasteiger partial charge >= 0.3 is 11.9 Å². The monoisotopic (exact) mass is 420 g/mol. The average Bonchev–Trinajstić information content (AvgIpc) is 3.14. The topological polar surface area (TPSA) is 106 Å². The zero-order chi connectivity index (χ0) is 22.1. The summed E-state index contributed by atoms with van der Waals surface area (Å²) in [5.74, 6) is -1.67. The fourth-order valence-electron chi connectivity index (χ4n) is 6.94. The number of rotatable bonds is 2. The molecule has 2 N–H and O–H groups in total. The Morgan fingerprint density at radius 3 is 2.60 bits per heavy atom. The zero-order valence-corrected chi connectivity index (χ0v) is 18.3. The third-order valence-electron chi connectivity index (χ3n) is 8.56. The Kier molecular flexibility index (Phi) is 4.86. The van der Waals surface area contributed by atoms with E-state index in [9.17, 15) is 19.8 Å². The van der Waals surface area contributed by atoms with Gasteiger partial charge in [-0.25, -0.2) is 0 Å². The van der Waals surface area contributed by atoms with Gasteiger partial charge in [-0.15, -0.1) is 0 Å². The summed E-state index contributed by atoms with van der Waals surface area (Å²) in [6, 6.07) is 1.76. The van der Waals surface area contributed by atoms with E-state index in [-0.39, 0.29) is 12.3 Å². The van der Waals surface area contributed by atoms with Crippen molar-refractivity contribution < 1.29 is 33.7 Å². The number of esters is 2. The normalized spacial score (nSPS) is 41.8. The number of ether oxygens (including phenoxy) is 2. The van der Waals surface area contributed by atoms with Crippen LogP contribution in [0.5, 0.6) is 0 Å². The quantitative estimate of drug-likeness (QED) is 0.708. The molecule has 7 nitrogen and oxygen atoms in total. The third-order valence-corrected chi connectivity index (χ3v) is 8.56. The first-order chi connectivity index (χ1) is 14.0. The van der Waals surface area contributed by atoms with E-state index >= 15 is 0 Å². The van der Waals surface area contributed by atoms with Crippen LogP contribution >= 0.6 is 0 Å². The standard InChI is InChI=1S/C23H32O7/c1-12(24)30-17-6-8-21(2,3)23(27)11-15(25)19-14(22(17,23)4)10-16-13(7-9-29-16)18(19)20(26)28-5/h7,9,14-15,17-19,25,27H,6,8,10-11H2,1-5H3/t14-,15-,17-,18+,19-,22-,23+/m0/s1. The molecular weight excluding hydrogens is 388 g/mol. The van der Waals surface area contributed by atoms with Gasteiger partial charge in [-0.3, -0.25) is 9.59 Å². The van der Waals surface area contributed by atoms with E-state index in [1.54, 1.807) is 12.3 Å². The molecular formula is C23H32O7. The highest BCUT2D eigenvalue weighted by Crippen LogP contribution is 2.67. The van der Waals surface area contributed by atoms with Crippen LogP contribution in [-0.4, -0.2) is 47.1 Å². The van der Waals surface area contributed by atoms with Gasteiger partial charge in [0.15, 0.2) is 0 Å². The van der Waals surface area contributed by atoms with E-state index in [2.05, 4.69) is 0 Å². The molecule has 7 heteroatoms. The molecule has 4 rings (SSSR count). The number of methoxy groups -OCH3 is 1. The second-order valence-electron chi connectivity index (χ2n) is 10.1. The fourth-order valence-corrected chi connectivity index (χ4v) is 6.94. The Morgan fingerprint density at radius 1 is 1.27 bits per heavy atom. The molecule has 1 aromatic heterocycles. The van der Waals surface area contributed by atoms with Crippen LogP contribution in [0.25, 0.3) is 0 Å². The predicted molar refractivity (Wildman–Crippen MR) is 106 cm³/mol. The average molecular weight is 421 g/mol.